The second-order valence-electron chi connectivity index (χ2n) is 5.76. The fourth-order valence-corrected chi connectivity index (χ4v) is 2.89. The van der Waals surface area contributed by atoms with Crippen LogP contribution < -0.4 is 15.8 Å². The summed E-state index contributed by atoms with van der Waals surface area (Å²) in [5.41, 5.74) is 6.47. The molecule has 1 fully saturated rings. The zero-order valence-electron chi connectivity index (χ0n) is 12.9. The molecule has 1 aromatic carbocycles. The van der Waals surface area contributed by atoms with Gasteiger partial charge in [-0.1, -0.05) is 25.0 Å². The van der Waals surface area contributed by atoms with E-state index in [1.807, 2.05) is 0 Å². The summed E-state index contributed by atoms with van der Waals surface area (Å²) < 4.78 is 28.4. The Morgan fingerprint density at radius 3 is 2.39 bits per heavy atom. The number of alkyl halides is 2. The lowest BCUT2D eigenvalue weighted by molar-refractivity contribution is -0.122. The quantitative estimate of drug-likeness (QED) is 0.796. The van der Waals surface area contributed by atoms with E-state index in [4.69, 9.17) is 5.73 Å². The van der Waals surface area contributed by atoms with Crippen molar-refractivity contribution in [3.63, 3.8) is 0 Å². The molecule has 1 saturated carbocycles. The standard InChI is InChI=1S/C16H22F2N2O2.ClH/c17-15(18)22-13-6-3-12(4-7-13)5-8-14(21)20-16(11-19)9-1-2-10-16;/h3-4,6-7,15H,1-2,5,8-11,19H2,(H,20,21);1H. The van der Waals surface area contributed by atoms with E-state index in [1.165, 1.54) is 12.1 Å². The van der Waals surface area contributed by atoms with Crippen molar-refractivity contribution in [2.24, 2.45) is 5.73 Å². The van der Waals surface area contributed by atoms with Crippen LogP contribution in [0.4, 0.5) is 8.78 Å². The Hall–Kier alpha value is -1.40. The van der Waals surface area contributed by atoms with E-state index in [0.29, 0.717) is 19.4 Å². The van der Waals surface area contributed by atoms with E-state index in [0.717, 1.165) is 31.2 Å². The Morgan fingerprint density at radius 2 is 1.87 bits per heavy atom. The highest BCUT2D eigenvalue weighted by atomic mass is 35.5. The smallest absolute Gasteiger partial charge is 0.387 e. The minimum Gasteiger partial charge on any atom is -0.435 e. The summed E-state index contributed by atoms with van der Waals surface area (Å²) in [6, 6.07) is 6.36. The molecule has 7 heteroatoms. The molecular formula is C16H23ClF2N2O2. The third kappa shape index (κ3) is 5.95. The van der Waals surface area contributed by atoms with E-state index >= 15 is 0 Å². The predicted octanol–water partition coefficient (Wildman–Crippen LogP) is 3.03. The minimum atomic E-state index is -2.82. The molecule has 23 heavy (non-hydrogen) atoms. The Bertz CT molecular complexity index is 491. The molecule has 130 valence electrons. The monoisotopic (exact) mass is 348 g/mol. The van der Waals surface area contributed by atoms with Crippen LogP contribution in [-0.2, 0) is 11.2 Å². The maximum absolute atomic E-state index is 12.1. The maximum Gasteiger partial charge on any atom is 0.387 e. The van der Waals surface area contributed by atoms with Crippen LogP contribution in [0.15, 0.2) is 24.3 Å². The molecule has 0 heterocycles. The number of amides is 1. The summed E-state index contributed by atoms with van der Waals surface area (Å²) in [4.78, 5) is 12.1. The van der Waals surface area contributed by atoms with Gasteiger partial charge in [-0.15, -0.1) is 12.4 Å². The number of nitrogens with one attached hydrogen (secondary N) is 1. The van der Waals surface area contributed by atoms with Gasteiger partial charge in [-0.2, -0.15) is 8.78 Å². The average Bonchev–Trinajstić information content (AvgIpc) is 2.95. The summed E-state index contributed by atoms with van der Waals surface area (Å²) >= 11 is 0. The average molecular weight is 349 g/mol. The third-order valence-electron chi connectivity index (χ3n) is 4.15. The number of aryl methyl sites for hydroxylation is 1. The van der Waals surface area contributed by atoms with Crippen molar-refractivity contribution < 1.29 is 18.3 Å². The molecule has 1 aliphatic rings. The van der Waals surface area contributed by atoms with Gasteiger partial charge in [-0.05, 0) is 37.0 Å². The zero-order chi connectivity index (χ0) is 16.0. The Balaban J connectivity index is 0.00000264. The highest BCUT2D eigenvalue weighted by Gasteiger charge is 2.33. The van der Waals surface area contributed by atoms with Crippen LogP contribution in [0.5, 0.6) is 5.75 Å². The topological polar surface area (TPSA) is 64.3 Å². The first-order valence-electron chi connectivity index (χ1n) is 7.58. The van der Waals surface area contributed by atoms with Crippen LogP contribution in [0.2, 0.25) is 0 Å². The Labute approximate surface area is 141 Å². The van der Waals surface area contributed by atoms with Gasteiger partial charge < -0.3 is 15.8 Å². The number of carbonyl (C=O) groups is 1. The molecule has 0 bridgehead atoms. The molecule has 0 unspecified atom stereocenters. The highest BCUT2D eigenvalue weighted by molar-refractivity contribution is 5.85. The number of hydrogen-bond acceptors (Lipinski definition) is 3. The van der Waals surface area contributed by atoms with Crippen LogP contribution in [0.3, 0.4) is 0 Å². The van der Waals surface area contributed by atoms with E-state index in [-0.39, 0.29) is 29.6 Å². The van der Waals surface area contributed by atoms with Crippen molar-refractivity contribution in [2.75, 3.05) is 6.54 Å². The number of hydrogen-bond donors (Lipinski definition) is 2. The summed E-state index contributed by atoms with van der Waals surface area (Å²) in [6.45, 7) is -2.35. The molecule has 0 aliphatic heterocycles. The van der Waals surface area contributed by atoms with E-state index in [2.05, 4.69) is 10.1 Å². The zero-order valence-corrected chi connectivity index (χ0v) is 13.7. The summed E-state index contributed by atoms with van der Waals surface area (Å²) in [5.74, 6) is 0.108. The summed E-state index contributed by atoms with van der Waals surface area (Å²) in [7, 11) is 0. The van der Waals surface area contributed by atoms with Gasteiger partial charge >= 0.3 is 6.61 Å². The summed E-state index contributed by atoms with van der Waals surface area (Å²) in [6.07, 6.45) is 4.99. The van der Waals surface area contributed by atoms with Crippen molar-refractivity contribution >= 4 is 18.3 Å². The van der Waals surface area contributed by atoms with Gasteiger partial charge in [-0.25, -0.2) is 0 Å². The van der Waals surface area contributed by atoms with Gasteiger partial charge in [0.1, 0.15) is 5.75 Å². The first kappa shape index (κ1) is 19.6. The van der Waals surface area contributed by atoms with Crippen molar-refractivity contribution in [3.8, 4) is 5.75 Å². The predicted molar refractivity (Wildman–Crippen MR) is 87.0 cm³/mol. The molecule has 0 atom stereocenters. The minimum absolute atomic E-state index is 0. The normalized spacial score (nSPS) is 16.0. The number of nitrogens with two attached hydrogens (primary N) is 1. The summed E-state index contributed by atoms with van der Waals surface area (Å²) in [5, 5.41) is 3.06. The van der Waals surface area contributed by atoms with Gasteiger partial charge in [0.05, 0.1) is 5.54 Å². The molecule has 0 spiro atoms. The van der Waals surface area contributed by atoms with Gasteiger partial charge in [0, 0.05) is 13.0 Å². The van der Waals surface area contributed by atoms with Gasteiger partial charge in [-0.3, -0.25) is 4.79 Å². The Morgan fingerprint density at radius 1 is 1.26 bits per heavy atom. The van der Waals surface area contributed by atoms with E-state index < -0.39 is 6.61 Å². The van der Waals surface area contributed by atoms with Crippen molar-refractivity contribution in [3.05, 3.63) is 29.8 Å². The van der Waals surface area contributed by atoms with Crippen molar-refractivity contribution in [2.45, 2.75) is 50.7 Å². The first-order chi connectivity index (χ1) is 10.5. The van der Waals surface area contributed by atoms with E-state index in [9.17, 15) is 13.6 Å². The fourth-order valence-electron chi connectivity index (χ4n) is 2.89. The molecule has 0 saturated heterocycles. The van der Waals surface area contributed by atoms with Gasteiger partial charge in [0.25, 0.3) is 0 Å². The fraction of sp³-hybridized carbons (Fsp3) is 0.562. The number of rotatable bonds is 7. The number of benzene rings is 1. The first-order valence-corrected chi connectivity index (χ1v) is 7.58. The molecule has 0 radical (unpaired) electrons. The lowest BCUT2D eigenvalue weighted by Crippen LogP contribution is -2.51. The molecule has 4 nitrogen and oxygen atoms in total. The van der Waals surface area contributed by atoms with Crippen molar-refractivity contribution in [1.82, 2.24) is 5.32 Å². The van der Waals surface area contributed by atoms with Crippen LogP contribution in [0.25, 0.3) is 0 Å². The molecule has 2 rings (SSSR count). The van der Waals surface area contributed by atoms with Crippen molar-refractivity contribution in [1.29, 1.82) is 0 Å². The second-order valence-corrected chi connectivity index (χ2v) is 5.76. The molecule has 1 amide bonds. The number of carbonyl (C=O) groups excluding carboxylic acids is 1. The number of halogens is 3. The lowest BCUT2D eigenvalue weighted by atomic mass is 9.97. The van der Waals surface area contributed by atoms with Gasteiger partial charge in [0.2, 0.25) is 5.91 Å². The largest absolute Gasteiger partial charge is 0.435 e. The van der Waals surface area contributed by atoms with Crippen LogP contribution in [-0.4, -0.2) is 24.6 Å². The second kappa shape index (κ2) is 9.03. The van der Waals surface area contributed by atoms with E-state index in [1.54, 1.807) is 12.1 Å². The third-order valence-corrected chi connectivity index (χ3v) is 4.15. The maximum atomic E-state index is 12.1. The van der Waals surface area contributed by atoms with Crippen LogP contribution in [0.1, 0.15) is 37.7 Å². The Kier molecular flexibility index (Phi) is 7.72. The molecule has 1 aromatic rings. The SMILES string of the molecule is Cl.NCC1(NC(=O)CCc2ccc(OC(F)F)cc2)CCCC1. The molecule has 3 N–H and O–H groups in total. The highest BCUT2D eigenvalue weighted by Crippen LogP contribution is 2.28. The number of ether oxygens (including phenoxy) is 1. The lowest BCUT2D eigenvalue weighted by Gasteiger charge is -2.28. The van der Waals surface area contributed by atoms with Crippen LogP contribution >= 0.6 is 12.4 Å². The molecule has 0 aromatic heterocycles. The molecular weight excluding hydrogens is 326 g/mol. The van der Waals surface area contributed by atoms with Crippen LogP contribution in [0, 0.1) is 0 Å². The van der Waals surface area contributed by atoms with Gasteiger partial charge in [0.15, 0.2) is 0 Å². The molecule has 1 aliphatic carbocycles.